The van der Waals surface area contributed by atoms with Gasteiger partial charge in [0.2, 0.25) is 0 Å². The molecule has 2 heterocycles. The number of carbonyl (C=O) groups is 2. The molecule has 36 heavy (non-hydrogen) atoms. The summed E-state index contributed by atoms with van der Waals surface area (Å²) >= 11 is 0. The van der Waals surface area contributed by atoms with E-state index in [2.05, 4.69) is 38.4 Å². The lowest BCUT2D eigenvalue weighted by molar-refractivity contribution is -0.202. The molecule has 0 aliphatic carbocycles. The van der Waals surface area contributed by atoms with E-state index in [1.807, 2.05) is 0 Å². The molecular formula is C25H20F3N5O3. The number of esters is 1. The summed E-state index contributed by atoms with van der Waals surface area (Å²) in [5.74, 6) is 2.95. The number of nitrogens with one attached hydrogen (secondary N) is 2. The van der Waals surface area contributed by atoms with Gasteiger partial charge in [0.05, 0.1) is 23.4 Å². The van der Waals surface area contributed by atoms with Gasteiger partial charge in [-0.05, 0) is 19.1 Å². The molecule has 1 atom stereocenters. The van der Waals surface area contributed by atoms with Gasteiger partial charge in [0, 0.05) is 41.7 Å². The van der Waals surface area contributed by atoms with E-state index in [0.717, 1.165) is 17.8 Å². The molecule has 11 heteroatoms. The van der Waals surface area contributed by atoms with Crippen LogP contribution in [0.5, 0.6) is 0 Å². The van der Waals surface area contributed by atoms with Crippen LogP contribution in [0.2, 0.25) is 0 Å². The molecule has 1 aliphatic rings. The van der Waals surface area contributed by atoms with Gasteiger partial charge in [0.15, 0.2) is 5.54 Å². The molecule has 4 rings (SSSR count). The Hall–Kier alpha value is -4.35. The highest BCUT2D eigenvalue weighted by atomic mass is 19.4. The molecule has 0 bridgehead atoms. The summed E-state index contributed by atoms with van der Waals surface area (Å²) in [5.41, 5.74) is -0.685. The van der Waals surface area contributed by atoms with Crippen molar-refractivity contribution in [1.29, 1.82) is 5.26 Å². The van der Waals surface area contributed by atoms with Gasteiger partial charge in [-0.2, -0.15) is 23.5 Å². The number of anilines is 1. The number of nitriles is 1. The summed E-state index contributed by atoms with van der Waals surface area (Å²) in [5, 5.41) is 20.4. The van der Waals surface area contributed by atoms with Crippen LogP contribution in [0, 0.1) is 29.1 Å². The average molecular weight is 495 g/mol. The Morgan fingerprint density at radius 2 is 1.94 bits per heavy atom. The molecule has 8 nitrogen and oxygen atoms in total. The summed E-state index contributed by atoms with van der Waals surface area (Å²) in [7, 11) is 0. The Morgan fingerprint density at radius 3 is 2.58 bits per heavy atom. The monoisotopic (exact) mass is 495 g/mol. The lowest BCUT2D eigenvalue weighted by atomic mass is 10.0. The maximum atomic E-state index is 13.5. The second-order valence-corrected chi connectivity index (χ2v) is 8.42. The third-order valence-corrected chi connectivity index (χ3v) is 5.79. The highest BCUT2D eigenvalue weighted by Crippen LogP contribution is 2.29. The van der Waals surface area contributed by atoms with Gasteiger partial charge in [-0.1, -0.05) is 36.1 Å². The summed E-state index contributed by atoms with van der Waals surface area (Å²) in [6, 6.07) is 12.0. The molecule has 0 radical (unpaired) electrons. The van der Waals surface area contributed by atoms with Crippen LogP contribution in [0.25, 0.3) is 10.8 Å². The zero-order chi connectivity index (χ0) is 25.9. The minimum absolute atomic E-state index is 0.181. The van der Waals surface area contributed by atoms with Gasteiger partial charge in [0.25, 0.3) is 5.91 Å². The van der Waals surface area contributed by atoms with E-state index in [1.165, 1.54) is 31.5 Å². The normalized spacial score (nSPS) is 15.1. The van der Waals surface area contributed by atoms with E-state index in [-0.39, 0.29) is 5.92 Å². The quantitative estimate of drug-likeness (QED) is 0.416. The van der Waals surface area contributed by atoms with Crippen molar-refractivity contribution in [3.8, 4) is 17.9 Å². The summed E-state index contributed by atoms with van der Waals surface area (Å²) < 4.78 is 44.0. The molecule has 1 unspecified atom stereocenters. The first-order valence-electron chi connectivity index (χ1n) is 10.9. The number of hydrogen-bond acceptors (Lipinski definition) is 6. The molecular weight excluding hydrogens is 475 g/mol. The number of amides is 1. The van der Waals surface area contributed by atoms with E-state index in [1.54, 1.807) is 24.3 Å². The smallest absolute Gasteiger partial charge is 0.456 e. The molecule has 0 spiro atoms. The molecule has 2 N–H and O–H groups in total. The molecule has 184 valence electrons. The van der Waals surface area contributed by atoms with E-state index in [4.69, 9.17) is 0 Å². The third-order valence-electron chi connectivity index (χ3n) is 5.79. The largest absolute Gasteiger partial charge is 0.490 e. The first-order valence-corrected chi connectivity index (χ1v) is 10.9. The average Bonchev–Trinajstić information content (AvgIpc) is 3.30. The van der Waals surface area contributed by atoms with Crippen LogP contribution < -0.4 is 10.6 Å². The van der Waals surface area contributed by atoms with Gasteiger partial charge in [-0.15, -0.1) is 0 Å². The van der Waals surface area contributed by atoms with Crippen LogP contribution in [0.4, 0.5) is 18.9 Å². The lowest BCUT2D eigenvalue weighted by Gasteiger charge is -2.28. The van der Waals surface area contributed by atoms with Crippen molar-refractivity contribution in [3.05, 3.63) is 59.9 Å². The van der Waals surface area contributed by atoms with Gasteiger partial charge in [0.1, 0.15) is 6.61 Å². The summed E-state index contributed by atoms with van der Waals surface area (Å²) in [6.07, 6.45) is -2.43. The number of aromatic nitrogens is 2. The number of rotatable bonds is 5. The van der Waals surface area contributed by atoms with Crippen LogP contribution in [-0.4, -0.2) is 47.5 Å². The minimum atomic E-state index is -5.22. The van der Waals surface area contributed by atoms with Crippen molar-refractivity contribution in [2.24, 2.45) is 5.92 Å². The molecule has 0 saturated carbocycles. The minimum Gasteiger partial charge on any atom is -0.456 e. The third kappa shape index (κ3) is 5.02. The molecule has 3 aromatic rings. The van der Waals surface area contributed by atoms with Crippen molar-refractivity contribution in [2.45, 2.75) is 18.6 Å². The predicted octanol–water partition coefficient (Wildman–Crippen LogP) is 2.94. The van der Waals surface area contributed by atoms with Crippen LogP contribution >= 0.6 is 0 Å². The number of carbonyl (C=O) groups excluding carboxylic acids is 2. The number of hydrogen-bond donors (Lipinski definition) is 2. The van der Waals surface area contributed by atoms with Crippen LogP contribution in [-0.2, 0) is 19.9 Å². The number of halogens is 3. The van der Waals surface area contributed by atoms with Crippen molar-refractivity contribution >= 4 is 28.3 Å². The fraction of sp³-hybridized carbons (Fsp3) is 0.280. The zero-order valence-corrected chi connectivity index (χ0v) is 19.0. The fourth-order valence-electron chi connectivity index (χ4n) is 3.52. The Morgan fingerprint density at radius 1 is 1.22 bits per heavy atom. The maximum absolute atomic E-state index is 13.5. The maximum Gasteiger partial charge on any atom is 0.490 e. The van der Waals surface area contributed by atoms with Gasteiger partial charge in [-0.25, -0.2) is 4.79 Å². The molecule has 1 aromatic heterocycles. The molecule has 2 aromatic carbocycles. The molecule has 1 amide bonds. The summed E-state index contributed by atoms with van der Waals surface area (Å²) in [4.78, 5) is 24.9. The fourth-order valence-corrected chi connectivity index (χ4v) is 3.52. The Balaban J connectivity index is 1.67. The van der Waals surface area contributed by atoms with E-state index >= 15 is 0 Å². The van der Waals surface area contributed by atoms with E-state index in [9.17, 15) is 28.0 Å². The highest BCUT2D eigenvalue weighted by Gasteiger charge is 2.45. The van der Waals surface area contributed by atoms with Crippen molar-refractivity contribution in [2.75, 3.05) is 25.0 Å². The highest BCUT2D eigenvalue weighted by molar-refractivity contribution is 6.06. The number of alkyl halides is 3. The second kappa shape index (κ2) is 9.72. The molecule has 1 fully saturated rings. The van der Waals surface area contributed by atoms with Crippen LogP contribution in [0.3, 0.4) is 0 Å². The predicted molar refractivity (Wildman–Crippen MR) is 123 cm³/mol. The SMILES string of the molecule is CC(COC(=O)C(F)(F)F)(C(=O)Nc1ccc(C#N)c2ccccc12)n1cc(C#CC2CNC2)cn1. The van der Waals surface area contributed by atoms with Crippen LogP contribution in [0.15, 0.2) is 48.8 Å². The molecule has 1 saturated heterocycles. The summed E-state index contributed by atoms with van der Waals surface area (Å²) in [6.45, 7) is 1.88. The standard InChI is InChI=1S/C25H20F3N5O3/c1-24(15-36-23(35)25(26,27)28,33-14-17(13-31-33)7-6-16-11-30-12-16)22(34)32-21-9-8-18(10-29)19-4-2-3-5-20(19)21/h2-5,8-9,13-14,16,30H,11-12,15H2,1H3,(H,32,34). The first kappa shape index (κ1) is 24.8. The Labute approximate surface area is 204 Å². The number of fused-ring (bicyclic) bond motifs is 1. The van der Waals surface area contributed by atoms with Crippen LogP contribution in [0.1, 0.15) is 18.1 Å². The molecule has 1 aliphatic heterocycles. The first-order chi connectivity index (χ1) is 17.1. The second-order valence-electron chi connectivity index (χ2n) is 8.42. The van der Waals surface area contributed by atoms with Gasteiger partial charge in [-0.3, -0.25) is 9.48 Å². The Kier molecular flexibility index (Phi) is 6.69. The van der Waals surface area contributed by atoms with E-state index < -0.39 is 30.2 Å². The van der Waals surface area contributed by atoms with E-state index in [0.29, 0.717) is 27.6 Å². The number of nitrogens with zero attached hydrogens (tertiary/aromatic N) is 3. The lowest BCUT2D eigenvalue weighted by Crippen LogP contribution is -2.48. The Bertz CT molecular complexity index is 1430. The number of ether oxygens (including phenoxy) is 1. The number of benzene rings is 2. The zero-order valence-electron chi connectivity index (χ0n) is 19.0. The van der Waals surface area contributed by atoms with Crippen molar-refractivity contribution < 1.29 is 27.5 Å². The van der Waals surface area contributed by atoms with Gasteiger partial charge >= 0.3 is 12.1 Å². The van der Waals surface area contributed by atoms with Gasteiger partial charge < -0.3 is 15.4 Å². The van der Waals surface area contributed by atoms with Crippen molar-refractivity contribution in [3.63, 3.8) is 0 Å². The van der Waals surface area contributed by atoms with Crippen molar-refractivity contribution in [1.82, 2.24) is 15.1 Å². The topological polar surface area (TPSA) is 109 Å².